The maximum Gasteiger partial charge on any atom is 0.0239 e. The van der Waals surface area contributed by atoms with E-state index in [0.717, 1.165) is 19.5 Å². The summed E-state index contributed by atoms with van der Waals surface area (Å²) in [5.41, 5.74) is 10.0. The summed E-state index contributed by atoms with van der Waals surface area (Å²) in [4.78, 5) is 2.64. The van der Waals surface area contributed by atoms with Crippen LogP contribution < -0.4 is 5.73 Å². The van der Waals surface area contributed by atoms with E-state index in [1.165, 1.54) is 42.5 Å². The van der Waals surface area contributed by atoms with E-state index in [-0.39, 0.29) is 0 Å². The summed E-state index contributed by atoms with van der Waals surface area (Å²) in [5, 5.41) is 0. The first-order chi connectivity index (χ1) is 8.70. The Morgan fingerprint density at radius 3 is 2.89 bits per heavy atom. The molecular weight excluding hydrogens is 220 g/mol. The highest BCUT2D eigenvalue weighted by molar-refractivity contribution is 5.30. The molecule has 1 unspecified atom stereocenters. The number of nitrogens with two attached hydrogens (primary N) is 1. The number of hydrogen-bond acceptors (Lipinski definition) is 2. The molecule has 0 aromatic heterocycles. The van der Waals surface area contributed by atoms with E-state index in [1.54, 1.807) is 0 Å². The van der Waals surface area contributed by atoms with Crippen molar-refractivity contribution in [1.29, 1.82) is 0 Å². The van der Waals surface area contributed by atoms with Crippen molar-refractivity contribution in [3.8, 4) is 0 Å². The number of piperidine rings is 1. The Bertz CT molecular complexity index is 385. The zero-order valence-corrected chi connectivity index (χ0v) is 11.8. The van der Waals surface area contributed by atoms with Crippen molar-refractivity contribution < 1.29 is 0 Å². The molecular formula is C16H26N2. The van der Waals surface area contributed by atoms with E-state index in [4.69, 9.17) is 5.73 Å². The van der Waals surface area contributed by atoms with Gasteiger partial charge >= 0.3 is 0 Å². The van der Waals surface area contributed by atoms with Crippen LogP contribution in [0.4, 0.5) is 0 Å². The topological polar surface area (TPSA) is 29.3 Å². The van der Waals surface area contributed by atoms with Gasteiger partial charge in [-0.15, -0.1) is 0 Å². The fourth-order valence-corrected chi connectivity index (χ4v) is 2.98. The van der Waals surface area contributed by atoms with Crippen LogP contribution in [0.5, 0.6) is 0 Å². The molecule has 100 valence electrons. The highest BCUT2D eigenvalue weighted by atomic mass is 15.2. The predicted octanol–water partition coefficient (Wildman–Crippen LogP) is 3.01. The third-order valence-electron chi connectivity index (χ3n) is 4.13. The zero-order chi connectivity index (χ0) is 13.0. The van der Waals surface area contributed by atoms with Gasteiger partial charge in [0.1, 0.15) is 0 Å². The third-order valence-corrected chi connectivity index (χ3v) is 4.13. The fraction of sp³-hybridized carbons (Fsp3) is 0.625. The van der Waals surface area contributed by atoms with Crippen molar-refractivity contribution in [2.75, 3.05) is 13.1 Å². The SMILES string of the molecule is Cc1ccc(C)c(CN2CCCCC2CCN)c1. The van der Waals surface area contributed by atoms with Crippen LogP contribution in [0.2, 0.25) is 0 Å². The molecule has 2 rings (SSSR count). The molecule has 1 saturated heterocycles. The summed E-state index contributed by atoms with van der Waals surface area (Å²) in [6.45, 7) is 7.54. The molecule has 18 heavy (non-hydrogen) atoms. The average Bonchev–Trinajstić information content (AvgIpc) is 2.36. The number of aryl methyl sites for hydroxylation is 2. The third kappa shape index (κ3) is 3.33. The molecule has 0 saturated carbocycles. The number of rotatable bonds is 4. The van der Waals surface area contributed by atoms with E-state index < -0.39 is 0 Å². The summed E-state index contributed by atoms with van der Waals surface area (Å²) >= 11 is 0. The van der Waals surface area contributed by atoms with Gasteiger partial charge in [-0.3, -0.25) is 4.90 Å². The summed E-state index contributed by atoms with van der Waals surface area (Å²) < 4.78 is 0. The van der Waals surface area contributed by atoms with E-state index in [9.17, 15) is 0 Å². The monoisotopic (exact) mass is 246 g/mol. The molecule has 0 amide bonds. The van der Waals surface area contributed by atoms with Crippen LogP contribution in [0.15, 0.2) is 18.2 Å². The predicted molar refractivity (Wildman–Crippen MR) is 77.6 cm³/mol. The minimum atomic E-state index is 0.698. The van der Waals surface area contributed by atoms with E-state index >= 15 is 0 Å². The summed E-state index contributed by atoms with van der Waals surface area (Å²) in [7, 11) is 0. The highest BCUT2D eigenvalue weighted by Crippen LogP contribution is 2.23. The molecule has 0 bridgehead atoms. The van der Waals surface area contributed by atoms with Crippen LogP contribution in [-0.2, 0) is 6.54 Å². The van der Waals surface area contributed by atoms with Gasteiger partial charge < -0.3 is 5.73 Å². The molecule has 1 aromatic rings. The second-order valence-corrected chi connectivity index (χ2v) is 5.63. The standard InChI is InChI=1S/C16H26N2/c1-13-6-7-14(2)15(11-13)12-18-10-4-3-5-16(18)8-9-17/h6-7,11,16H,3-5,8-10,12,17H2,1-2H3. The Morgan fingerprint density at radius 2 is 2.11 bits per heavy atom. The van der Waals surface area contributed by atoms with Gasteiger partial charge in [0.15, 0.2) is 0 Å². The molecule has 2 N–H and O–H groups in total. The molecule has 1 aliphatic heterocycles. The summed E-state index contributed by atoms with van der Waals surface area (Å²) in [5.74, 6) is 0. The molecule has 2 heteroatoms. The van der Waals surface area contributed by atoms with Crippen LogP contribution in [0, 0.1) is 13.8 Å². The second-order valence-electron chi connectivity index (χ2n) is 5.63. The smallest absolute Gasteiger partial charge is 0.0239 e. The molecule has 0 aliphatic carbocycles. The molecule has 0 spiro atoms. The van der Waals surface area contributed by atoms with Crippen molar-refractivity contribution in [2.24, 2.45) is 5.73 Å². The van der Waals surface area contributed by atoms with Crippen molar-refractivity contribution >= 4 is 0 Å². The molecule has 0 radical (unpaired) electrons. The lowest BCUT2D eigenvalue weighted by molar-refractivity contribution is 0.134. The first-order valence-corrected chi connectivity index (χ1v) is 7.21. The molecule has 2 nitrogen and oxygen atoms in total. The maximum absolute atomic E-state index is 5.74. The van der Waals surface area contributed by atoms with Gasteiger partial charge in [-0.2, -0.15) is 0 Å². The quantitative estimate of drug-likeness (QED) is 0.885. The van der Waals surface area contributed by atoms with Crippen molar-refractivity contribution in [2.45, 2.75) is 52.1 Å². The van der Waals surface area contributed by atoms with Gasteiger partial charge in [0, 0.05) is 12.6 Å². The first-order valence-electron chi connectivity index (χ1n) is 7.21. The van der Waals surface area contributed by atoms with Gasteiger partial charge in [0.25, 0.3) is 0 Å². The number of benzene rings is 1. The lowest BCUT2D eigenvalue weighted by atomic mass is 9.97. The van der Waals surface area contributed by atoms with Gasteiger partial charge in [-0.25, -0.2) is 0 Å². The largest absolute Gasteiger partial charge is 0.330 e. The number of likely N-dealkylation sites (tertiary alicyclic amines) is 1. The maximum atomic E-state index is 5.74. The fourth-order valence-electron chi connectivity index (χ4n) is 2.98. The lowest BCUT2D eigenvalue weighted by Crippen LogP contribution is -2.40. The molecule has 1 aliphatic rings. The van der Waals surface area contributed by atoms with Gasteiger partial charge in [-0.1, -0.05) is 30.2 Å². The summed E-state index contributed by atoms with van der Waals surface area (Å²) in [6.07, 6.45) is 5.17. The Kier molecular flexibility index (Phi) is 4.79. The van der Waals surface area contributed by atoms with Crippen LogP contribution >= 0.6 is 0 Å². The molecule has 1 aromatic carbocycles. The molecule has 1 atom stereocenters. The van der Waals surface area contributed by atoms with Crippen LogP contribution in [-0.4, -0.2) is 24.0 Å². The van der Waals surface area contributed by atoms with Crippen molar-refractivity contribution in [1.82, 2.24) is 4.90 Å². The van der Waals surface area contributed by atoms with E-state index in [0.29, 0.717) is 6.04 Å². The molecule has 1 fully saturated rings. The Morgan fingerprint density at radius 1 is 1.28 bits per heavy atom. The van der Waals surface area contributed by atoms with Gasteiger partial charge in [0.2, 0.25) is 0 Å². The highest BCUT2D eigenvalue weighted by Gasteiger charge is 2.21. The summed E-state index contributed by atoms with van der Waals surface area (Å²) in [6, 6.07) is 7.48. The Balaban J connectivity index is 2.08. The minimum Gasteiger partial charge on any atom is -0.330 e. The van der Waals surface area contributed by atoms with Crippen LogP contribution in [0.25, 0.3) is 0 Å². The van der Waals surface area contributed by atoms with Crippen molar-refractivity contribution in [3.05, 3.63) is 34.9 Å². The van der Waals surface area contributed by atoms with Crippen molar-refractivity contribution in [3.63, 3.8) is 0 Å². The zero-order valence-electron chi connectivity index (χ0n) is 11.8. The van der Waals surface area contributed by atoms with Gasteiger partial charge in [-0.05, 0) is 57.3 Å². The number of hydrogen-bond donors (Lipinski definition) is 1. The Hall–Kier alpha value is -0.860. The minimum absolute atomic E-state index is 0.698. The van der Waals surface area contributed by atoms with E-state index in [1.807, 2.05) is 0 Å². The van der Waals surface area contributed by atoms with E-state index in [2.05, 4.69) is 36.9 Å². The first kappa shape index (κ1) is 13.6. The van der Waals surface area contributed by atoms with Crippen LogP contribution in [0.1, 0.15) is 42.4 Å². The number of nitrogens with zero attached hydrogens (tertiary/aromatic N) is 1. The molecule has 1 heterocycles. The normalized spacial score (nSPS) is 21.2. The van der Waals surface area contributed by atoms with Crippen LogP contribution in [0.3, 0.4) is 0 Å². The average molecular weight is 246 g/mol. The van der Waals surface area contributed by atoms with Gasteiger partial charge in [0.05, 0.1) is 0 Å². The Labute approximate surface area is 111 Å². The lowest BCUT2D eigenvalue weighted by Gasteiger charge is -2.36. The second kappa shape index (κ2) is 6.35.